The molecule has 0 fully saturated rings. The number of esters is 1. The van der Waals surface area contributed by atoms with E-state index in [4.69, 9.17) is 9.72 Å². The van der Waals surface area contributed by atoms with E-state index in [0.717, 1.165) is 32.8 Å². The third-order valence-corrected chi connectivity index (χ3v) is 5.86. The number of amides is 1. The van der Waals surface area contributed by atoms with Gasteiger partial charge < -0.3 is 15.0 Å². The maximum Gasteiger partial charge on any atom is 0.340 e. The molecule has 3 aromatic rings. The Morgan fingerprint density at radius 1 is 1.21 bits per heavy atom. The molecule has 0 spiro atoms. The topological polar surface area (TPSA) is 72.7 Å². The van der Waals surface area contributed by atoms with Crippen LogP contribution < -0.4 is 10.2 Å². The van der Waals surface area contributed by atoms with E-state index in [-0.39, 0.29) is 5.91 Å². The molecule has 2 heterocycles. The van der Waals surface area contributed by atoms with Gasteiger partial charge in [-0.25, -0.2) is 9.78 Å². The third-order valence-electron chi connectivity index (χ3n) is 4.98. The van der Waals surface area contributed by atoms with E-state index in [1.165, 1.54) is 7.11 Å². The molecular weight excluding hydrogens is 386 g/mol. The van der Waals surface area contributed by atoms with Gasteiger partial charge in [-0.05, 0) is 36.9 Å². The van der Waals surface area contributed by atoms with Crippen molar-refractivity contribution in [1.82, 2.24) is 10.3 Å². The molecule has 2 N–H and O–H groups in total. The van der Waals surface area contributed by atoms with Crippen LogP contribution in [-0.2, 0) is 22.6 Å². The number of carbonyl (C=O) groups excluding carboxylic acids is 2. The summed E-state index contributed by atoms with van der Waals surface area (Å²) in [5.41, 5.74) is 2.85. The van der Waals surface area contributed by atoms with Crippen molar-refractivity contribution in [3.8, 4) is 0 Å². The number of nitrogens with one attached hydrogen (secondary N) is 2. The van der Waals surface area contributed by atoms with Gasteiger partial charge in [0.25, 0.3) is 5.91 Å². The Balaban J connectivity index is 1.80. The van der Waals surface area contributed by atoms with Gasteiger partial charge in [0, 0.05) is 10.3 Å². The second-order valence-corrected chi connectivity index (χ2v) is 7.91. The summed E-state index contributed by atoms with van der Waals surface area (Å²) in [5.74, 6) is -0.416. The highest BCUT2D eigenvalue weighted by atomic mass is 32.1. The van der Waals surface area contributed by atoms with Gasteiger partial charge >= 0.3 is 5.97 Å². The molecule has 29 heavy (non-hydrogen) atoms. The fraction of sp³-hybridized carbons (Fsp3) is 0.318. The van der Waals surface area contributed by atoms with Crippen molar-refractivity contribution in [3.63, 3.8) is 0 Å². The molecule has 1 aromatic carbocycles. The van der Waals surface area contributed by atoms with Gasteiger partial charge in [-0.2, -0.15) is 0 Å². The van der Waals surface area contributed by atoms with E-state index >= 15 is 0 Å². The lowest BCUT2D eigenvalue weighted by atomic mass is 10.0. The minimum atomic E-state index is -0.395. The normalized spacial score (nSPS) is 12.0. The summed E-state index contributed by atoms with van der Waals surface area (Å²) in [6.07, 6.45) is 0. The molecule has 2 aromatic heterocycles. The molecule has 0 bridgehead atoms. The molecule has 1 atom stereocenters. The largest absolute Gasteiger partial charge is 0.465 e. The number of hydrogen-bond donors (Lipinski definition) is 2. The molecule has 3 rings (SSSR count). The molecule has 6 nitrogen and oxygen atoms in total. The van der Waals surface area contributed by atoms with Crippen LogP contribution in [0.5, 0.6) is 0 Å². The summed E-state index contributed by atoms with van der Waals surface area (Å²) in [4.78, 5) is 31.8. The first-order valence-electron chi connectivity index (χ1n) is 9.62. The van der Waals surface area contributed by atoms with Gasteiger partial charge in [-0.3, -0.25) is 4.79 Å². The first-order valence-corrected chi connectivity index (χ1v) is 10.5. The Bertz CT molecular complexity index is 1000. The Morgan fingerprint density at radius 3 is 2.69 bits per heavy atom. The number of aryl methyl sites for hydroxylation is 1. The lowest BCUT2D eigenvalue weighted by Crippen LogP contribution is -3.11. The number of para-hydroxylation sites is 1. The SMILES string of the molecule is CC[NH+](CC(=O)NCc1cccs1)Cc1nc2ccccc2c(C)c1C(=O)OC. The van der Waals surface area contributed by atoms with Gasteiger partial charge in [0.1, 0.15) is 12.2 Å². The Morgan fingerprint density at radius 2 is 2.00 bits per heavy atom. The lowest BCUT2D eigenvalue weighted by molar-refractivity contribution is -0.904. The number of thiophene rings is 1. The van der Waals surface area contributed by atoms with E-state index in [0.29, 0.717) is 30.9 Å². The van der Waals surface area contributed by atoms with Crippen molar-refractivity contribution in [2.24, 2.45) is 0 Å². The third kappa shape index (κ3) is 4.99. The number of pyridine rings is 1. The molecule has 0 saturated heterocycles. The quantitative estimate of drug-likeness (QED) is 0.556. The van der Waals surface area contributed by atoms with E-state index in [1.54, 1.807) is 11.3 Å². The molecule has 0 aliphatic heterocycles. The summed E-state index contributed by atoms with van der Waals surface area (Å²) >= 11 is 1.62. The number of rotatable bonds is 8. The van der Waals surface area contributed by atoms with Gasteiger partial charge in [0.05, 0.1) is 31.3 Å². The summed E-state index contributed by atoms with van der Waals surface area (Å²) < 4.78 is 5.02. The van der Waals surface area contributed by atoms with Gasteiger partial charge in [-0.1, -0.05) is 24.3 Å². The number of fused-ring (bicyclic) bond motifs is 1. The van der Waals surface area contributed by atoms with Crippen molar-refractivity contribution in [2.75, 3.05) is 20.2 Å². The molecule has 0 saturated carbocycles. The Kier molecular flexibility index (Phi) is 6.95. The zero-order chi connectivity index (χ0) is 20.8. The highest BCUT2D eigenvalue weighted by molar-refractivity contribution is 7.09. The van der Waals surface area contributed by atoms with Crippen molar-refractivity contribution < 1.29 is 19.2 Å². The van der Waals surface area contributed by atoms with Crippen LogP contribution in [0.25, 0.3) is 10.9 Å². The Hall–Kier alpha value is -2.77. The monoisotopic (exact) mass is 412 g/mol. The minimum absolute atomic E-state index is 0.0209. The summed E-state index contributed by atoms with van der Waals surface area (Å²) in [6.45, 7) is 6.00. The maximum atomic E-state index is 12.5. The van der Waals surface area contributed by atoms with Crippen LogP contribution in [0.2, 0.25) is 0 Å². The second-order valence-electron chi connectivity index (χ2n) is 6.88. The second kappa shape index (κ2) is 9.62. The number of methoxy groups -OCH3 is 1. The summed E-state index contributed by atoms with van der Waals surface area (Å²) in [7, 11) is 1.38. The summed E-state index contributed by atoms with van der Waals surface area (Å²) in [5, 5.41) is 5.89. The van der Waals surface area contributed by atoms with Crippen LogP contribution in [0.4, 0.5) is 0 Å². The number of hydrogen-bond acceptors (Lipinski definition) is 5. The molecule has 0 aliphatic rings. The predicted octanol–water partition coefficient (Wildman–Crippen LogP) is 2.11. The average molecular weight is 413 g/mol. The van der Waals surface area contributed by atoms with Crippen LogP contribution in [0.15, 0.2) is 41.8 Å². The van der Waals surface area contributed by atoms with Crippen molar-refractivity contribution in [3.05, 3.63) is 63.5 Å². The highest BCUT2D eigenvalue weighted by Gasteiger charge is 2.23. The van der Waals surface area contributed by atoms with Gasteiger partial charge in [0.15, 0.2) is 6.54 Å². The standard InChI is InChI=1S/C22H25N3O3S/c1-4-25(14-20(26)23-12-16-8-7-11-29-16)13-19-21(22(27)28-3)15(2)17-9-5-6-10-18(17)24-19/h5-11H,4,12-14H2,1-3H3,(H,23,26)/p+1. The molecule has 1 amide bonds. The fourth-order valence-electron chi connectivity index (χ4n) is 3.38. The van der Waals surface area contributed by atoms with E-state index in [1.807, 2.05) is 55.6 Å². The molecule has 0 aliphatic carbocycles. The number of aromatic nitrogens is 1. The molecule has 7 heteroatoms. The van der Waals surface area contributed by atoms with E-state index in [9.17, 15) is 9.59 Å². The van der Waals surface area contributed by atoms with E-state index in [2.05, 4.69) is 5.32 Å². The highest BCUT2D eigenvalue weighted by Crippen LogP contribution is 2.23. The predicted molar refractivity (Wildman–Crippen MR) is 114 cm³/mol. The van der Waals surface area contributed by atoms with Crippen molar-refractivity contribution in [2.45, 2.75) is 26.9 Å². The zero-order valence-corrected chi connectivity index (χ0v) is 17.8. The minimum Gasteiger partial charge on any atom is -0.465 e. The maximum absolute atomic E-state index is 12.5. The summed E-state index contributed by atoms with van der Waals surface area (Å²) in [6, 6.07) is 11.7. The van der Waals surface area contributed by atoms with E-state index < -0.39 is 5.97 Å². The van der Waals surface area contributed by atoms with Gasteiger partial charge in [-0.15, -0.1) is 11.3 Å². The van der Waals surface area contributed by atoms with Crippen LogP contribution in [0.1, 0.15) is 33.4 Å². The average Bonchev–Trinajstić information content (AvgIpc) is 3.25. The number of quaternary nitrogens is 1. The van der Waals surface area contributed by atoms with Crippen molar-refractivity contribution in [1.29, 1.82) is 0 Å². The fourth-order valence-corrected chi connectivity index (χ4v) is 4.02. The van der Waals surface area contributed by atoms with Crippen LogP contribution in [0.3, 0.4) is 0 Å². The lowest BCUT2D eigenvalue weighted by Gasteiger charge is -2.19. The smallest absolute Gasteiger partial charge is 0.340 e. The van der Waals surface area contributed by atoms with Gasteiger partial charge in [0.2, 0.25) is 0 Å². The first kappa shape index (κ1) is 21.0. The van der Waals surface area contributed by atoms with Crippen molar-refractivity contribution >= 4 is 34.1 Å². The molecule has 1 unspecified atom stereocenters. The van der Waals surface area contributed by atoms with Crippen LogP contribution in [-0.4, -0.2) is 37.1 Å². The number of ether oxygens (including phenoxy) is 1. The van der Waals surface area contributed by atoms with Crippen LogP contribution in [0, 0.1) is 6.92 Å². The van der Waals surface area contributed by atoms with Crippen LogP contribution >= 0.6 is 11.3 Å². The first-order chi connectivity index (χ1) is 14.0. The Labute approximate surface area is 174 Å². The number of likely N-dealkylation sites (N-methyl/N-ethyl adjacent to an activating group) is 1. The molecule has 0 radical (unpaired) electrons. The number of carbonyl (C=O) groups is 2. The molecular formula is C22H26N3O3S+. The number of benzene rings is 1. The molecule has 152 valence electrons. The number of nitrogens with zero attached hydrogens (tertiary/aromatic N) is 1. The zero-order valence-electron chi connectivity index (χ0n) is 17.0.